The molecule has 1 amide bonds. The largest absolute Gasteiger partial charge is 0.504 e. The van der Waals surface area contributed by atoms with Gasteiger partial charge in [-0.1, -0.05) is 6.07 Å². The van der Waals surface area contributed by atoms with E-state index in [0.717, 1.165) is 19.4 Å². The van der Waals surface area contributed by atoms with E-state index in [2.05, 4.69) is 5.32 Å². The monoisotopic (exact) mass is 276 g/mol. The van der Waals surface area contributed by atoms with Crippen molar-refractivity contribution >= 4 is 5.91 Å². The van der Waals surface area contributed by atoms with Gasteiger partial charge in [-0.2, -0.15) is 0 Å². The Morgan fingerprint density at radius 1 is 1.35 bits per heavy atom. The van der Waals surface area contributed by atoms with Crippen molar-refractivity contribution in [3.63, 3.8) is 0 Å². The van der Waals surface area contributed by atoms with E-state index in [1.807, 2.05) is 4.90 Å². The number of hydrogen-bond acceptors (Lipinski definition) is 4. The number of ether oxygens (including phenoxy) is 1. The van der Waals surface area contributed by atoms with Crippen LogP contribution in [0, 0.1) is 0 Å². The van der Waals surface area contributed by atoms with Crippen LogP contribution >= 0.6 is 0 Å². The molecular weight excluding hydrogens is 256 g/mol. The minimum Gasteiger partial charge on any atom is -0.504 e. The summed E-state index contributed by atoms with van der Waals surface area (Å²) in [6, 6.07) is 5.96. The second-order valence-corrected chi connectivity index (χ2v) is 5.53. The lowest BCUT2D eigenvalue weighted by Crippen LogP contribution is -2.39. The Balaban J connectivity index is 1.82. The second kappa shape index (κ2) is 5.32. The molecule has 5 heteroatoms. The number of phenolic OH excluding ortho intramolecular Hbond substituents is 1. The van der Waals surface area contributed by atoms with Gasteiger partial charge in [0.1, 0.15) is 0 Å². The van der Waals surface area contributed by atoms with Gasteiger partial charge in [0.05, 0.1) is 12.7 Å². The van der Waals surface area contributed by atoms with E-state index in [1.54, 1.807) is 18.2 Å². The average Bonchev–Trinajstić information content (AvgIpc) is 2.78. The van der Waals surface area contributed by atoms with Gasteiger partial charge in [0, 0.05) is 25.2 Å². The number of phenols is 1. The minimum absolute atomic E-state index is 0.0673. The maximum atomic E-state index is 12.6. The minimum atomic E-state index is -0.115. The zero-order chi connectivity index (χ0) is 14.1. The van der Waals surface area contributed by atoms with Gasteiger partial charge < -0.3 is 20.1 Å². The molecule has 1 aromatic carbocycles. The highest BCUT2D eigenvalue weighted by atomic mass is 16.5. The fourth-order valence-corrected chi connectivity index (χ4v) is 3.16. The summed E-state index contributed by atoms with van der Waals surface area (Å²) in [7, 11) is 1.48. The van der Waals surface area contributed by atoms with E-state index in [9.17, 15) is 9.90 Å². The molecule has 0 spiro atoms. The molecule has 2 saturated heterocycles. The van der Waals surface area contributed by atoms with Crippen molar-refractivity contribution in [2.75, 3.05) is 20.2 Å². The van der Waals surface area contributed by atoms with E-state index in [-0.39, 0.29) is 11.7 Å². The molecule has 2 fully saturated rings. The molecule has 2 atom stereocenters. The lowest BCUT2D eigenvalue weighted by Gasteiger charge is -2.24. The van der Waals surface area contributed by atoms with Crippen LogP contribution in [-0.4, -0.2) is 48.2 Å². The summed E-state index contributed by atoms with van der Waals surface area (Å²) in [4.78, 5) is 14.4. The molecule has 2 N–H and O–H groups in total. The Bertz CT molecular complexity index is 518. The molecule has 2 aliphatic rings. The van der Waals surface area contributed by atoms with Crippen molar-refractivity contribution in [2.24, 2.45) is 0 Å². The van der Waals surface area contributed by atoms with Gasteiger partial charge in [0.2, 0.25) is 0 Å². The molecule has 2 unspecified atom stereocenters. The summed E-state index contributed by atoms with van der Waals surface area (Å²) in [6.45, 7) is 1.45. The topological polar surface area (TPSA) is 61.8 Å². The van der Waals surface area contributed by atoms with Crippen LogP contribution in [0.15, 0.2) is 18.2 Å². The zero-order valence-electron chi connectivity index (χ0n) is 11.6. The van der Waals surface area contributed by atoms with Crippen LogP contribution in [0.5, 0.6) is 11.5 Å². The third-order valence-corrected chi connectivity index (χ3v) is 4.26. The van der Waals surface area contributed by atoms with Gasteiger partial charge in [-0.05, 0) is 31.4 Å². The highest BCUT2D eigenvalue weighted by Gasteiger charge is 2.32. The molecule has 108 valence electrons. The number of nitrogens with one attached hydrogen (secondary N) is 1. The molecular formula is C15H20N2O3. The highest BCUT2D eigenvalue weighted by molar-refractivity contribution is 5.97. The molecule has 2 bridgehead atoms. The molecule has 20 heavy (non-hydrogen) atoms. The van der Waals surface area contributed by atoms with Crippen molar-refractivity contribution < 1.29 is 14.6 Å². The molecule has 0 aromatic heterocycles. The smallest absolute Gasteiger partial charge is 0.257 e. The van der Waals surface area contributed by atoms with Crippen LogP contribution in [0.4, 0.5) is 0 Å². The van der Waals surface area contributed by atoms with Crippen LogP contribution in [0.3, 0.4) is 0 Å². The van der Waals surface area contributed by atoms with E-state index in [4.69, 9.17) is 4.74 Å². The summed E-state index contributed by atoms with van der Waals surface area (Å²) in [6.07, 6.45) is 3.31. The summed E-state index contributed by atoms with van der Waals surface area (Å²) < 4.78 is 5.06. The molecule has 0 aliphatic carbocycles. The predicted molar refractivity (Wildman–Crippen MR) is 75.1 cm³/mol. The second-order valence-electron chi connectivity index (χ2n) is 5.53. The number of aromatic hydroxyl groups is 1. The van der Waals surface area contributed by atoms with Crippen LogP contribution in [0.25, 0.3) is 0 Å². The fraction of sp³-hybridized carbons (Fsp3) is 0.533. The van der Waals surface area contributed by atoms with Crippen LogP contribution < -0.4 is 10.1 Å². The quantitative estimate of drug-likeness (QED) is 0.856. The molecule has 1 aromatic rings. The lowest BCUT2D eigenvalue weighted by molar-refractivity contribution is 0.0744. The molecule has 3 rings (SSSR count). The van der Waals surface area contributed by atoms with Crippen molar-refractivity contribution in [1.29, 1.82) is 0 Å². The highest BCUT2D eigenvalue weighted by Crippen LogP contribution is 2.31. The Kier molecular flexibility index (Phi) is 3.53. The zero-order valence-corrected chi connectivity index (χ0v) is 11.6. The van der Waals surface area contributed by atoms with Crippen molar-refractivity contribution in [3.05, 3.63) is 23.8 Å². The summed E-state index contributed by atoms with van der Waals surface area (Å²) in [5.74, 6) is 0.156. The maximum absolute atomic E-state index is 12.6. The van der Waals surface area contributed by atoms with Crippen molar-refractivity contribution in [3.8, 4) is 11.5 Å². The molecule has 2 aliphatic heterocycles. The van der Waals surface area contributed by atoms with E-state index >= 15 is 0 Å². The standard InChI is InChI=1S/C15H20N2O3/c1-20-13-4-2-3-12(14(13)18)15(19)17-8-7-10-5-6-11(9-17)16-10/h2-4,10-11,16,18H,5-9H2,1H3. The summed E-state index contributed by atoms with van der Waals surface area (Å²) in [5.41, 5.74) is 0.321. The number of methoxy groups -OCH3 is 1. The predicted octanol–water partition coefficient (Wildman–Crippen LogP) is 1.37. The first-order chi connectivity index (χ1) is 9.69. The van der Waals surface area contributed by atoms with E-state index in [0.29, 0.717) is 29.9 Å². The number of carbonyl (C=O) groups excluding carboxylic acids is 1. The number of carbonyl (C=O) groups is 1. The number of likely N-dealkylation sites (tertiary alicyclic amines) is 1. The first-order valence-electron chi connectivity index (χ1n) is 7.10. The summed E-state index contributed by atoms with van der Waals surface area (Å²) in [5, 5.41) is 13.6. The normalized spacial score (nSPS) is 25.4. The first kappa shape index (κ1) is 13.2. The SMILES string of the molecule is COc1cccc(C(=O)N2CCC3CCC(C2)N3)c1O. The Labute approximate surface area is 118 Å². The molecule has 5 nitrogen and oxygen atoms in total. The number of fused-ring (bicyclic) bond motifs is 2. The number of nitrogens with zero attached hydrogens (tertiary/aromatic N) is 1. The lowest BCUT2D eigenvalue weighted by atomic mass is 10.1. The van der Waals surface area contributed by atoms with E-state index in [1.165, 1.54) is 13.5 Å². The van der Waals surface area contributed by atoms with Gasteiger partial charge in [-0.3, -0.25) is 4.79 Å². The number of rotatable bonds is 2. The number of para-hydroxylation sites is 1. The van der Waals surface area contributed by atoms with Crippen LogP contribution in [0.1, 0.15) is 29.6 Å². The van der Waals surface area contributed by atoms with Gasteiger partial charge in [0.25, 0.3) is 5.91 Å². The summed E-state index contributed by atoms with van der Waals surface area (Å²) >= 11 is 0. The number of amides is 1. The third kappa shape index (κ3) is 2.33. The molecule has 0 radical (unpaired) electrons. The number of benzene rings is 1. The van der Waals surface area contributed by atoms with Gasteiger partial charge >= 0.3 is 0 Å². The van der Waals surface area contributed by atoms with Gasteiger partial charge in [0.15, 0.2) is 11.5 Å². The third-order valence-electron chi connectivity index (χ3n) is 4.26. The molecule has 2 heterocycles. The van der Waals surface area contributed by atoms with Crippen molar-refractivity contribution in [2.45, 2.75) is 31.3 Å². The Morgan fingerprint density at radius 3 is 2.95 bits per heavy atom. The van der Waals surface area contributed by atoms with Gasteiger partial charge in [-0.15, -0.1) is 0 Å². The van der Waals surface area contributed by atoms with Crippen LogP contribution in [0.2, 0.25) is 0 Å². The fourth-order valence-electron chi connectivity index (χ4n) is 3.16. The number of hydrogen-bond donors (Lipinski definition) is 2. The Hall–Kier alpha value is -1.75. The Morgan fingerprint density at radius 2 is 2.15 bits per heavy atom. The van der Waals surface area contributed by atoms with Crippen molar-refractivity contribution in [1.82, 2.24) is 10.2 Å². The van der Waals surface area contributed by atoms with E-state index < -0.39 is 0 Å². The first-order valence-corrected chi connectivity index (χ1v) is 7.10. The van der Waals surface area contributed by atoms with Gasteiger partial charge in [-0.25, -0.2) is 0 Å². The van der Waals surface area contributed by atoms with Crippen LogP contribution in [-0.2, 0) is 0 Å². The molecule has 0 saturated carbocycles. The average molecular weight is 276 g/mol. The maximum Gasteiger partial charge on any atom is 0.257 e.